The van der Waals surface area contributed by atoms with Crippen LogP contribution >= 0.6 is 0 Å². The van der Waals surface area contributed by atoms with Crippen molar-refractivity contribution in [2.24, 2.45) is 0 Å². The molecule has 0 fully saturated rings. The Bertz CT molecular complexity index is 533. The Morgan fingerprint density at radius 1 is 1.50 bits per heavy atom. The number of fused-ring (bicyclic) bond motifs is 1. The number of hydrogen-bond donors (Lipinski definition) is 1. The van der Waals surface area contributed by atoms with Gasteiger partial charge in [0.25, 0.3) is 5.56 Å². The van der Waals surface area contributed by atoms with Crippen LogP contribution in [0.5, 0.6) is 0 Å². The minimum Gasteiger partial charge on any atom is -0.319 e. The summed E-state index contributed by atoms with van der Waals surface area (Å²) in [6.45, 7) is 1.03. The molecule has 2 rings (SSSR count). The Morgan fingerprint density at radius 3 is 3.00 bits per heavy atom. The van der Waals surface area contributed by atoms with E-state index in [1.165, 1.54) is 0 Å². The smallest absolute Gasteiger partial charge is 0.269 e. The minimum atomic E-state index is -0.599. The van der Waals surface area contributed by atoms with Crippen LogP contribution in [0, 0.1) is 6.92 Å². The molecule has 14 heavy (non-hydrogen) atoms. The molecule has 0 aliphatic rings. The lowest BCUT2D eigenvalue weighted by Crippen LogP contribution is -2.12. The normalized spacial score (nSPS) is 10.7. The van der Waals surface area contributed by atoms with Gasteiger partial charge in [-0.2, -0.15) is 0 Å². The third-order valence-electron chi connectivity index (χ3n) is 2.13. The van der Waals surface area contributed by atoms with Crippen molar-refractivity contribution in [3.8, 4) is 0 Å². The van der Waals surface area contributed by atoms with Gasteiger partial charge in [-0.25, -0.2) is 9.37 Å². The lowest BCUT2D eigenvalue weighted by Gasteiger charge is -2.02. The number of H-pyrrole nitrogens is 1. The molecule has 1 aromatic carbocycles. The molecule has 0 atom stereocenters. The topological polar surface area (TPSA) is 45.8 Å². The summed E-state index contributed by atoms with van der Waals surface area (Å²) < 4.78 is 12.5. The number of aromatic amines is 1. The molecule has 1 heterocycles. The summed E-state index contributed by atoms with van der Waals surface area (Å²) in [4.78, 5) is 18.0. The maximum Gasteiger partial charge on any atom is 0.269 e. The van der Waals surface area contributed by atoms with E-state index in [1.807, 2.05) is 0 Å². The first-order chi connectivity index (χ1) is 6.72. The molecule has 0 radical (unpaired) electrons. The summed E-state index contributed by atoms with van der Waals surface area (Å²) in [6, 6.07) is 5.11. The fourth-order valence-corrected chi connectivity index (χ4v) is 1.37. The SMILES string of the molecule is Cc1nc2cccc(CF)c2[nH]c1=O. The Balaban J connectivity index is 2.88. The van der Waals surface area contributed by atoms with Crippen molar-refractivity contribution in [1.29, 1.82) is 0 Å². The van der Waals surface area contributed by atoms with Gasteiger partial charge in [0.05, 0.1) is 11.0 Å². The molecule has 0 saturated heterocycles. The number of para-hydroxylation sites is 1. The van der Waals surface area contributed by atoms with Gasteiger partial charge in [-0.1, -0.05) is 12.1 Å². The lowest BCUT2D eigenvalue weighted by molar-refractivity contribution is 0.487. The van der Waals surface area contributed by atoms with Crippen LogP contribution in [-0.2, 0) is 6.67 Å². The molecule has 0 saturated carbocycles. The second-order valence-corrected chi connectivity index (χ2v) is 3.10. The number of aromatic nitrogens is 2. The van der Waals surface area contributed by atoms with Crippen molar-refractivity contribution in [2.45, 2.75) is 13.6 Å². The molecule has 72 valence electrons. The zero-order chi connectivity index (χ0) is 10.1. The van der Waals surface area contributed by atoms with Crippen LogP contribution in [0.4, 0.5) is 4.39 Å². The fourth-order valence-electron chi connectivity index (χ4n) is 1.37. The molecule has 0 aliphatic carbocycles. The van der Waals surface area contributed by atoms with E-state index in [1.54, 1.807) is 25.1 Å². The van der Waals surface area contributed by atoms with Gasteiger partial charge in [0, 0.05) is 5.56 Å². The second kappa shape index (κ2) is 3.21. The van der Waals surface area contributed by atoms with Crippen molar-refractivity contribution in [1.82, 2.24) is 9.97 Å². The molecule has 0 bridgehead atoms. The summed E-state index contributed by atoms with van der Waals surface area (Å²) in [7, 11) is 0. The maximum atomic E-state index is 12.5. The first-order valence-electron chi connectivity index (χ1n) is 4.27. The minimum absolute atomic E-state index is 0.265. The van der Waals surface area contributed by atoms with E-state index in [0.717, 1.165) is 0 Å². The third-order valence-corrected chi connectivity index (χ3v) is 2.13. The van der Waals surface area contributed by atoms with Crippen molar-refractivity contribution in [3.63, 3.8) is 0 Å². The van der Waals surface area contributed by atoms with Gasteiger partial charge in [-0.15, -0.1) is 0 Å². The first-order valence-corrected chi connectivity index (χ1v) is 4.27. The van der Waals surface area contributed by atoms with Crippen LogP contribution < -0.4 is 5.56 Å². The second-order valence-electron chi connectivity index (χ2n) is 3.10. The summed E-state index contributed by atoms with van der Waals surface area (Å²) in [6.07, 6.45) is 0. The lowest BCUT2D eigenvalue weighted by atomic mass is 10.2. The van der Waals surface area contributed by atoms with Crippen LogP contribution in [0.2, 0.25) is 0 Å². The van der Waals surface area contributed by atoms with Crippen LogP contribution in [0.25, 0.3) is 11.0 Å². The zero-order valence-electron chi connectivity index (χ0n) is 7.67. The Kier molecular flexibility index (Phi) is 2.04. The highest BCUT2D eigenvalue weighted by Crippen LogP contribution is 2.13. The molecule has 3 nitrogen and oxygen atoms in total. The quantitative estimate of drug-likeness (QED) is 0.747. The number of rotatable bonds is 1. The molecular weight excluding hydrogens is 183 g/mol. The Labute approximate surface area is 79.6 Å². The average Bonchev–Trinajstić information content (AvgIpc) is 2.19. The van der Waals surface area contributed by atoms with Gasteiger partial charge in [-0.3, -0.25) is 4.79 Å². The van der Waals surface area contributed by atoms with Crippen molar-refractivity contribution in [3.05, 3.63) is 39.8 Å². The summed E-state index contributed by atoms with van der Waals surface area (Å²) >= 11 is 0. The van der Waals surface area contributed by atoms with E-state index in [-0.39, 0.29) is 5.56 Å². The first kappa shape index (κ1) is 8.87. The van der Waals surface area contributed by atoms with Gasteiger partial charge >= 0.3 is 0 Å². The highest BCUT2D eigenvalue weighted by atomic mass is 19.1. The third kappa shape index (κ3) is 1.28. The standard InChI is InChI=1S/C10H9FN2O/c1-6-10(14)13-9-7(5-11)3-2-4-8(9)12-6/h2-4H,5H2,1H3,(H,13,14). The van der Waals surface area contributed by atoms with Crippen LogP contribution in [0.15, 0.2) is 23.0 Å². The van der Waals surface area contributed by atoms with Gasteiger partial charge in [-0.05, 0) is 13.0 Å². The zero-order valence-corrected chi connectivity index (χ0v) is 7.67. The number of hydrogen-bond acceptors (Lipinski definition) is 2. The highest BCUT2D eigenvalue weighted by Gasteiger charge is 2.04. The Morgan fingerprint density at radius 2 is 2.29 bits per heavy atom. The summed E-state index contributed by atoms with van der Waals surface area (Å²) in [5, 5.41) is 0. The molecule has 0 amide bonds. The van der Waals surface area contributed by atoms with Crippen LogP contribution in [0.1, 0.15) is 11.3 Å². The predicted octanol–water partition coefficient (Wildman–Crippen LogP) is 1.70. The van der Waals surface area contributed by atoms with E-state index in [0.29, 0.717) is 22.3 Å². The number of benzene rings is 1. The largest absolute Gasteiger partial charge is 0.319 e. The molecule has 0 unspecified atom stereocenters. The fraction of sp³-hybridized carbons (Fsp3) is 0.200. The average molecular weight is 192 g/mol. The van der Waals surface area contributed by atoms with Crippen LogP contribution in [0.3, 0.4) is 0 Å². The molecule has 0 aliphatic heterocycles. The van der Waals surface area contributed by atoms with Crippen LogP contribution in [-0.4, -0.2) is 9.97 Å². The number of aryl methyl sites for hydroxylation is 1. The number of nitrogens with zero attached hydrogens (tertiary/aromatic N) is 1. The van der Waals surface area contributed by atoms with E-state index in [9.17, 15) is 9.18 Å². The van der Waals surface area contributed by atoms with E-state index in [4.69, 9.17) is 0 Å². The predicted molar refractivity (Wildman–Crippen MR) is 51.9 cm³/mol. The number of alkyl halides is 1. The molecule has 4 heteroatoms. The Hall–Kier alpha value is -1.71. The summed E-state index contributed by atoms with van der Waals surface area (Å²) in [5.41, 5.74) is 1.71. The van der Waals surface area contributed by atoms with Gasteiger partial charge in [0.1, 0.15) is 12.4 Å². The molecule has 0 spiro atoms. The number of nitrogens with one attached hydrogen (secondary N) is 1. The van der Waals surface area contributed by atoms with E-state index in [2.05, 4.69) is 9.97 Å². The molecule has 1 aromatic heterocycles. The molecular formula is C10H9FN2O. The number of halogens is 1. The van der Waals surface area contributed by atoms with Gasteiger partial charge in [0.2, 0.25) is 0 Å². The van der Waals surface area contributed by atoms with Crippen molar-refractivity contribution in [2.75, 3.05) is 0 Å². The van der Waals surface area contributed by atoms with Gasteiger partial charge in [0.15, 0.2) is 0 Å². The molecule has 2 aromatic rings. The van der Waals surface area contributed by atoms with Gasteiger partial charge < -0.3 is 4.98 Å². The van der Waals surface area contributed by atoms with Crippen molar-refractivity contribution >= 4 is 11.0 Å². The molecule has 1 N–H and O–H groups in total. The van der Waals surface area contributed by atoms with E-state index >= 15 is 0 Å². The highest BCUT2D eigenvalue weighted by molar-refractivity contribution is 5.77. The monoisotopic (exact) mass is 192 g/mol. The summed E-state index contributed by atoms with van der Waals surface area (Å²) in [5.74, 6) is 0. The maximum absolute atomic E-state index is 12.5. The van der Waals surface area contributed by atoms with E-state index < -0.39 is 6.67 Å². The van der Waals surface area contributed by atoms with Crippen molar-refractivity contribution < 1.29 is 4.39 Å².